The third kappa shape index (κ3) is 4.01. The summed E-state index contributed by atoms with van der Waals surface area (Å²) in [5, 5.41) is 39.7. The zero-order chi connectivity index (χ0) is 18.7. The molecular weight excluding hydrogens is 360 g/mol. The molecule has 2 aromatic carbocycles. The first-order chi connectivity index (χ1) is 12.5. The summed E-state index contributed by atoms with van der Waals surface area (Å²) in [6, 6.07) is 14.8. The van der Waals surface area contributed by atoms with Crippen LogP contribution in [0.2, 0.25) is 5.02 Å². The Morgan fingerprint density at radius 2 is 1.65 bits per heavy atom. The Hall–Kier alpha value is -1.67. The van der Waals surface area contributed by atoms with Crippen molar-refractivity contribution in [3.8, 4) is 5.75 Å². The second kappa shape index (κ2) is 8.35. The van der Waals surface area contributed by atoms with Crippen molar-refractivity contribution in [2.24, 2.45) is 0 Å². The van der Waals surface area contributed by atoms with E-state index < -0.39 is 37.3 Å². The fourth-order valence-electron chi connectivity index (χ4n) is 2.91. The summed E-state index contributed by atoms with van der Waals surface area (Å²) in [6.45, 7) is -0.517. The first-order valence-corrected chi connectivity index (χ1v) is 8.67. The van der Waals surface area contributed by atoms with Crippen molar-refractivity contribution in [1.29, 1.82) is 0 Å². The zero-order valence-electron chi connectivity index (χ0n) is 13.9. The summed E-state index contributed by atoms with van der Waals surface area (Å²) in [4.78, 5) is 0. The van der Waals surface area contributed by atoms with Crippen LogP contribution in [0.25, 0.3) is 0 Å². The number of aliphatic hydroxyl groups is 4. The van der Waals surface area contributed by atoms with Crippen LogP contribution in [0.1, 0.15) is 11.1 Å². The maximum absolute atomic E-state index is 10.2. The molecule has 2 aromatic rings. The summed E-state index contributed by atoms with van der Waals surface area (Å²) in [5.41, 5.74) is 1.73. The molecule has 0 amide bonds. The predicted molar refractivity (Wildman–Crippen MR) is 95.1 cm³/mol. The molecule has 140 valence electrons. The van der Waals surface area contributed by atoms with Gasteiger partial charge in [0, 0.05) is 17.0 Å². The van der Waals surface area contributed by atoms with Gasteiger partial charge in [0.05, 0.1) is 6.61 Å². The van der Waals surface area contributed by atoms with Crippen LogP contribution < -0.4 is 4.74 Å². The van der Waals surface area contributed by atoms with E-state index in [0.717, 1.165) is 5.56 Å². The molecule has 0 spiro atoms. The van der Waals surface area contributed by atoms with E-state index >= 15 is 0 Å². The smallest absolute Gasteiger partial charge is 0.229 e. The molecule has 1 fully saturated rings. The van der Waals surface area contributed by atoms with E-state index in [0.29, 0.717) is 22.8 Å². The Morgan fingerprint density at radius 1 is 0.923 bits per heavy atom. The number of ether oxygens (including phenoxy) is 2. The van der Waals surface area contributed by atoms with E-state index in [1.54, 1.807) is 18.2 Å². The van der Waals surface area contributed by atoms with Crippen molar-refractivity contribution in [3.05, 3.63) is 64.7 Å². The lowest BCUT2D eigenvalue weighted by Crippen LogP contribution is -2.60. The fraction of sp³-hybridized carbons (Fsp3) is 0.368. The topological polar surface area (TPSA) is 99.4 Å². The molecule has 0 bridgehead atoms. The van der Waals surface area contributed by atoms with Gasteiger partial charge in [-0.25, -0.2) is 0 Å². The minimum absolute atomic E-state index is 0.394. The third-order valence-corrected chi connectivity index (χ3v) is 4.75. The SMILES string of the molecule is OC[C@H]1O[C@@H](Oc2cccc(Cl)c2Cc2ccccc2)[C@H](O)[C@@H](O)[C@@H]1O. The van der Waals surface area contributed by atoms with Gasteiger partial charge in [-0.3, -0.25) is 0 Å². The quantitative estimate of drug-likeness (QED) is 0.620. The van der Waals surface area contributed by atoms with E-state index in [2.05, 4.69) is 0 Å². The lowest BCUT2D eigenvalue weighted by molar-refractivity contribution is -0.277. The Balaban J connectivity index is 1.84. The highest BCUT2D eigenvalue weighted by Gasteiger charge is 2.44. The number of hydrogen-bond acceptors (Lipinski definition) is 6. The van der Waals surface area contributed by atoms with Crippen molar-refractivity contribution in [2.75, 3.05) is 6.61 Å². The molecular formula is C19H21ClO6. The second-order valence-electron chi connectivity index (χ2n) is 6.19. The van der Waals surface area contributed by atoms with Gasteiger partial charge in [-0.1, -0.05) is 48.0 Å². The highest BCUT2D eigenvalue weighted by atomic mass is 35.5. The van der Waals surface area contributed by atoms with Gasteiger partial charge in [0.25, 0.3) is 0 Å². The Kier molecular flexibility index (Phi) is 6.13. The largest absolute Gasteiger partial charge is 0.462 e. The lowest BCUT2D eigenvalue weighted by Gasteiger charge is -2.39. The van der Waals surface area contributed by atoms with Crippen molar-refractivity contribution < 1.29 is 29.9 Å². The van der Waals surface area contributed by atoms with E-state index in [1.165, 1.54) is 0 Å². The molecule has 26 heavy (non-hydrogen) atoms. The number of benzene rings is 2. The first kappa shape index (κ1) is 19.1. The van der Waals surface area contributed by atoms with Gasteiger partial charge >= 0.3 is 0 Å². The molecule has 0 aromatic heterocycles. The average Bonchev–Trinajstić information content (AvgIpc) is 2.65. The lowest BCUT2D eigenvalue weighted by atomic mass is 9.99. The van der Waals surface area contributed by atoms with Crippen LogP contribution in [0.5, 0.6) is 5.75 Å². The third-order valence-electron chi connectivity index (χ3n) is 4.39. The van der Waals surface area contributed by atoms with Gasteiger partial charge in [0.15, 0.2) is 0 Å². The molecule has 7 heteroatoms. The average molecular weight is 381 g/mol. The molecule has 3 rings (SSSR count). The molecule has 0 saturated carbocycles. The molecule has 4 N–H and O–H groups in total. The van der Waals surface area contributed by atoms with E-state index in [1.807, 2.05) is 30.3 Å². The monoisotopic (exact) mass is 380 g/mol. The molecule has 0 aliphatic carbocycles. The minimum atomic E-state index is -1.50. The Labute approximate surface area is 156 Å². The minimum Gasteiger partial charge on any atom is -0.462 e. The molecule has 0 radical (unpaired) electrons. The first-order valence-electron chi connectivity index (χ1n) is 8.29. The van der Waals surface area contributed by atoms with Gasteiger partial charge in [-0.2, -0.15) is 0 Å². The van der Waals surface area contributed by atoms with Crippen LogP contribution in [-0.2, 0) is 11.2 Å². The van der Waals surface area contributed by atoms with Crippen molar-refractivity contribution in [2.45, 2.75) is 37.1 Å². The molecule has 1 aliphatic rings. The maximum Gasteiger partial charge on any atom is 0.229 e. The van der Waals surface area contributed by atoms with Gasteiger partial charge < -0.3 is 29.9 Å². The summed E-state index contributed by atoms with van der Waals surface area (Å²) in [5.74, 6) is 0.394. The molecule has 1 saturated heterocycles. The standard InChI is InChI=1S/C19H21ClO6/c20-13-7-4-8-14(12(13)9-11-5-2-1-3-6-11)25-19-18(24)17(23)16(22)15(10-21)26-19/h1-8,15-19,21-24H,9-10H2/t15-,16-,17+,18-,19-/m1/s1. The molecule has 1 heterocycles. The predicted octanol–water partition coefficient (Wildman–Crippen LogP) is 1.11. The van der Waals surface area contributed by atoms with Crippen LogP contribution >= 0.6 is 11.6 Å². The Morgan fingerprint density at radius 3 is 2.35 bits per heavy atom. The van der Waals surface area contributed by atoms with Crippen LogP contribution in [-0.4, -0.2) is 57.7 Å². The van der Waals surface area contributed by atoms with Crippen molar-refractivity contribution in [3.63, 3.8) is 0 Å². The number of hydrogen-bond donors (Lipinski definition) is 4. The fourth-order valence-corrected chi connectivity index (χ4v) is 3.14. The molecule has 5 atom stereocenters. The summed E-state index contributed by atoms with van der Waals surface area (Å²) in [6.07, 6.45) is -6.18. The number of halogens is 1. The molecule has 6 nitrogen and oxygen atoms in total. The molecule has 0 unspecified atom stereocenters. The van der Waals surface area contributed by atoms with Crippen molar-refractivity contribution in [1.82, 2.24) is 0 Å². The van der Waals surface area contributed by atoms with E-state index in [-0.39, 0.29) is 0 Å². The van der Waals surface area contributed by atoms with Gasteiger partial charge in [-0.15, -0.1) is 0 Å². The summed E-state index contributed by atoms with van der Waals surface area (Å²) >= 11 is 6.33. The van der Waals surface area contributed by atoms with Gasteiger partial charge in [-0.05, 0) is 17.7 Å². The van der Waals surface area contributed by atoms with Crippen LogP contribution in [0.4, 0.5) is 0 Å². The van der Waals surface area contributed by atoms with Gasteiger partial charge in [0.1, 0.15) is 30.2 Å². The van der Waals surface area contributed by atoms with E-state index in [4.69, 9.17) is 21.1 Å². The second-order valence-corrected chi connectivity index (χ2v) is 6.60. The zero-order valence-corrected chi connectivity index (χ0v) is 14.7. The van der Waals surface area contributed by atoms with Crippen LogP contribution in [0.3, 0.4) is 0 Å². The van der Waals surface area contributed by atoms with Gasteiger partial charge in [0.2, 0.25) is 6.29 Å². The van der Waals surface area contributed by atoms with E-state index in [9.17, 15) is 20.4 Å². The summed E-state index contributed by atoms with van der Waals surface area (Å²) < 4.78 is 11.2. The van der Waals surface area contributed by atoms with Crippen LogP contribution in [0, 0.1) is 0 Å². The Bertz CT molecular complexity index is 723. The maximum atomic E-state index is 10.2. The normalized spacial score (nSPS) is 28.7. The van der Waals surface area contributed by atoms with Crippen molar-refractivity contribution >= 4 is 11.6 Å². The highest BCUT2D eigenvalue weighted by Crippen LogP contribution is 2.32. The van der Waals surface area contributed by atoms with Crippen LogP contribution in [0.15, 0.2) is 48.5 Å². The molecule has 1 aliphatic heterocycles. The summed E-state index contributed by atoms with van der Waals surface area (Å²) in [7, 11) is 0. The number of aliphatic hydroxyl groups excluding tert-OH is 4. The number of rotatable bonds is 5. The highest BCUT2D eigenvalue weighted by molar-refractivity contribution is 6.31.